The molecule has 0 aromatic heterocycles. The van der Waals surface area contributed by atoms with Crippen LogP contribution < -0.4 is 5.32 Å². The number of likely N-dealkylation sites (tertiary alicyclic amines) is 1. The maximum atomic E-state index is 12.3. The van der Waals surface area contributed by atoms with Crippen LogP contribution >= 0.6 is 11.6 Å². The number of piperidine rings is 1. The highest BCUT2D eigenvalue weighted by molar-refractivity contribution is 6.31. The number of hydrogen-bond donors (Lipinski definition) is 1. The van der Waals surface area contributed by atoms with E-state index in [1.54, 1.807) is 25.3 Å². The van der Waals surface area contributed by atoms with E-state index < -0.39 is 0 Å². The monoisotopic (exact) mass is 338 g/mol. The average molecular weight is 339 g/mol. The van der Waals surface area contributed by atoms with Gasteiger partial charge >= 0.3 is 0 Å². The smallest absolute Gasteiger partial charge is 0.251 e. The molecule has 0 bridgehead atoms. The summed E-state index contributed by atoms with van der Waals surface area (Å²) in [6.07, 6.45) is 1.96. The Morgan fingerprint density at radius 1 is 1.35 bits per heavy atom. The molecular weight excluding hydrogens is 316 g/mol. The standard InChI is InChI=1S/C17H23ClN2O3/c1-12-11-13(3-4-15(12)18)17(22)19-14-5-8-20(9-6-14)16(21)7-10-23-2/h3-4,11,14H,5-10H2,1-2H3,(H,19,22). The number of carbonyl (C=O) groups excluding carboxylic acids is 2. The summed E-state index contributed by atoms with van der Waals surface area (Å²) >= 11 is 5.98. The second kappa shape index (κ2) is 8.31. The number of aryl methyl sites for hydroxylation is 1. The molecule has 1 fully saturated rings. The number of amides is 2. The molecule has 0 radical (unpaired) electrons. The Morgan fingerprint density at radius 2 is 2.04 bits per heavy atom. The van der Waals surface area contributed by atoms with Crippen molar-refractivity contribution < 1.29 is 14.3 Å². The Morgan fingerprint density at radius 3 is 2.65 bits per heavy atom. The molecule has 0 atom stereocenters. The molecule has 2 amide bonds. The van der Waals surface area contributed by atoms with E-state index >= 15 is 0 Å². The Labute approximate surface area is 141 Å². The molecule has 1 saturated heterocycles. The highest BCUT2D eigenvalue weighted by atomic mass is 35.5. The summed E-state index contributed by atoms with van der Waals surface area (Å²) in [6, 6.07) is 5.36. The highest BCUT2D eigenvalue weighted by Gasteiger charge is 2.23. The molecule has 1 aromatic rings. The van der Waals surface area contributed by atoms with Gasteiger partial charge in [-0.3, -0.25) is 9.59 Å². The van der Waals surface area contributed by atoms with Gasteiger partial charge in [0.1, 0.15) is 0 Å². The van der Waals surface area contributed by atoms with E-state index in [4.69, 9.17) is 16.3 Å². The van der Waals surface area contributed by atoms with Gasteiger partial charge in [-0.2, -0.15) is 0 Å². The van der Waals surface area contributed by atoms with Crippen LogP contribution in [0.5, 0.6) is 0 Å². The molecule has 1 aliphatic heterocycles. The van der Waals surface area contributed by atoms with Crippen molar-refractivity contribution in [2.45, 2.75) is 32.2 Å². The highest BCUT2D eigenvalue weighted by Crippen LogP contribution is 2.17. The lowest BCUT2D eigenvalue weighted by atomic mass is 10.0. The van der Waals surface area contributed by atoms with E-state index in [1.165, 1.54) is 0 Å². The SMILES string of the molecule is COCCC(=O)N1CCC(NC(=O)c2ccc(Cl)c(C)c2)CC1. The Bertz CT molecular complexity index is 569. The minimum absolute atomic E-state index is 0.0890. The van der Waals surface area contributed by atoms with Crippen molar-refractivity contribution in [1.82, 2.24) is 10.2 Å². The molecule has 0 aliphatic carbocycles. The molecule has 126 valence electrons. The Balaban J connectivity index is 1.82. The summed E-state index contributed by atoms with van der Waals surface area (Å²) in [4.78, 5) is 26.0. The molecular formula is C17H23ClN2O3. The molecule has 6 heteroatoms. The van der Waals surface area contributed by atoms with E-state index in [2.05, 4.69) is 5.32 Å². The second-order valence-corrected chi connectivity index (χ2v) is 6.24. The normalized spacial score (nSPS) is 15.5. The van der Waals surface area contributed by atoms with Gasteiger partial charge in [-0.1, -0.05) is 11.6 Å². The number of rotatable bonds is 5. The van der Waals surface area contributed by atoms with Crippen molar-refractivity contribution in [3.05, 3.63) is 34.3 Å². The first-order valence-corrected chi connectivity index (χ1v) is 8.22. The Hall–Kier alpha value is -1.59. The summed E-state index contributed by atoms with van der Waals surface area (Å²) in [5.74, 6) is 0.0267. The molecule has 1 N–H and O–H groups in total. The summed E-state index contributed by atoms with van der Waals surface area (Å²) in [5.41, 5.74) is 1.50. The van der Waals surface area contributed by atoms with Gasteiger partial charge in [-0.15, -0.1) is 0 Å². The molecule has 0 saturated carbocycles. The Kier molecular flexibility index (Phi) is 6.42. The van der Waals surface area contributed by atoms with E-state index in [1.807, 2.05) is 11.8 Å². The molecule has 0 spiro atoms. The lowest BCUT2D eigenvalue weighted by Gasteiger charge is -2.32. The number of carbonyl (C=O) groups is 2. The number of nitrogens with one attached hydrogen (secondary N) is 1. The van der Waals surface area contributed by atoms with Crippen LogP contribution in [0.4, 0.5) is 0 Å². The topological polar surface area (TPSA) is 58.6 Å². The van der Waals surface area contributed by atoms with Gasteiger partial charge in [0.05, 0.1) is 13.0 Å². The van der Waals surface area contributed by atoms with Crippen LogP contribution in [0.3, 0.4) is 0 Å². The van der Waals surface area contributed by atoms with Gasteiger partial charge in [-0.05, 0) is 43.5 Å². The van der Waals surface area contributed by atoms with Gasteiger partial charge in [-0.25, -0.2) is 0 Å². The molecule has 1 heterocycles. The van der Waals surface area contributed by atoms with Gasteiger partial charge in [0.25, 0.3) is 5.91 Å². The predicted molar refractivity (Wildman–Crippen MR) is 89.8 cm³/mol. The van der Waals surface area contributed by atoms with Crippen molar-refractivity contribution in [2.75, 3.05) is 26.8 Å². The number of ether oxygens (including phenoxy) is 1. The van der Waals surface area contributed by atoms with Crippen molar-refractivity contribution in [3.8, 4) is 0 Å². The van der Waals surface area contributed by atoms with Crippen LogP contribution in [0.25, 0.3) is 0 Å². The van der Waals surface area contributed by atoms with E-state index in [-0.39, 0.29) is 17.9 Å². The van der Waals surface area contributed by atoms with E-state index in [0.29, 0.717) is 36.7 Å². The van der Waals surface area contributed by atoms with Crippen LogP contribution in [0, 0.1) is 6.92 Å². The third kappa shape index (κ3) is 4.94. The molecule has 0 unspecified atom stereocenters. The summed E-state index contributed by atoms with van der Waals surface area (Å²) in [6.45, 7) is 3.68. The van der Waals surface area contributed by atoms with Gasteiger partial charge in [0, 0.05) is 36.8 Å². The predicted octanol–water partition coefficient (Wildman–Crippen LogP) is 2.41. The van der Waals surface area contributed by atoms with Gasteiger partial charge in [0.15, 0.2) is 0 Å². The summed E-state index contributed by atoms with van der Waals surface area (Å²) in [7, 11) is 1.59. The third-order valence-corrected chi connectivity index (χ3v) is 4.55. The fourth-order valence-corrected chi connectivity index (χ4v) is 2.79. The zero-order valence-electron chi connectivity index (χ0n) is 13.6. The van der Waals surface area contributed by atoms with Crippen molar-refractivity contribution in [3.63, 3.8) is 0 Å². The minimum atomic E-state index is -0.0890. The quantitative estimate of drug-likeness (QED) is 0.897. The molecule has 2 rings (SSSR count). The van der Waals surface area contributed by atoms with Crippen molar-refractivity contribution in [1.29, 1.82) is 0 Å². The van der Waals surface area contributed by atoms with Crippen LogP contribution in [0.2, 0.25) is 5.02 Å². The summed E-state index contributed by atoms with van der Waals surface area (Å²) in [5, 5.41) is 3.70. The van der Waals surface area contributed by atoms with E-state index in [0.717, 1.165) is 18.4 Å². The number of hydrogen-bond acceptors (Lipinski definition) is 3. The van der Waals surface area contributed by atoms with Crippen molar-refractivity contribution >= 4 is 23.4 Å². The van der Waals surface area contributed by atoms with Gasteiger partial charge in [0.2, 0.25) is 5.91 Å². The lowest BCUT2D eigenvalue weighted by Crippen LogP contribution is -2.46. The third-order valence-electron chi connectivity index (χ3n) is 4.12. The molecule has 1 aromatic carbocycles. The average Bonchev–Trinajstić information content (AvgIpc) is 2.55. The zero-order valence-corrected chi connectivity index (χ0v) is 14.4. The van der Waals surface area contributed by atoms with Crippen LogP contribution in [0.1, 0.15) is 35.2 Å². The first-order chi connectivity index (χ1) is 11.0. The number of benzene rings is 1. The van der Waals surface area contributed by atoms with E-state index in [9.17, 15) is 9.59 Å². The maximum absolute atomic E-state index is 12.3. The van der Waals surface area contributed by atoms with Crippen LogP contribution in [-0.2, 0) is 9.53 Å². The number of halogens is 1. The number of nitrogens with zero attached hydrogens (tertiary/aromatic N) is 1. The maximum Gasteiger partial charge on any atom is 0.251 e. The van der Waals surface area contributed by atoms with Gasteiger partial charge < -0.3 is 15.0 Å². The second-order valence-electron chi connectivity index (χ2n) is 5.84. The molecule has 1 aliphatic rings. The summed E-state index contributed by atoms with van der Waals surface area (Å²) < 4.78 is 4.93. The molecule has 23 heavy (non-hydrogen) atoms. The zero-order chi connectivity index (χ0) is 16.8. The minimum Gasteiger partial charge on any atom is -0.384 e. The van der Waals surface area contributed by atoms with Crippen molar-refractivity contribution in [2.24, 2.45) is 0 Å². The molecule has 5 nitrogen and oxygen atoms in total. The first kappa shape index (κ1) is 17.8. The largest absolute Gasteiger partial charge is 0.384 e. The fourth-order valence-electron chi connectivity index (χ4n) is 2.68. The lowest BCUT2D eigenvalue weighted by molar-refractivity contribution is -0.133. The number of methoxy groups -OCH3 is 1. The fraction of sp³-hybridized carbons (Fsp3) is 0.529. The van der Waals surface area contributed by atoms with Crippen LogP contribution in [-0.4, -0.2) is 49.6 Å². The first-order valence-electron chi connectivity index (χ1n) is 7.85. The van der Waals surface area contributed by atoms with Crippen LogP contribution in [0.15, 0.2) is 18.2 Å².